The van der Waals surface area contributed by atoms with Crippen molar-refractivity contribution in [3.05, 3.63) is 35.6 Å². The number of nitrogens with zero attached hydrogens (tertiary/aromatic N) is 1. The molecule has 1 aromatic rings. The van der Waals surface area contributed by atoms with Crippen LogP contribution in [0.3, 0.4) is 0 Å². The predicted molar refractivity (Wildman–Crippen MR) is 66.3 cm³/mol. The molecule has 3 nitrogen and oxygen atoms in total. The Labute approximate surface area is 106 Å². The van der Waals surface area contributed by atoms with Gasteiger partial charge in [0, 0.05) is 18.2 Å². The van der Waals surface area contributed by atoms with E-state index in [2.05, 4.69) is 0 Å². The number of hydrogen-bond acceptors (Lipinski definition) is 2. The normalized spacial score (nSPS) is 14.0. The fourth-order valence-corrected chi connectivity index (χ4v) is 1.73. The van der Waals surface area contributed by atoms with Gasteiger partial charge in [-0.3, -0.25) is 4.79 Å². The zero-order chi connectivity index (χ0) is 11.5. The van der Waals surface area contributed by atoms with Crippen LogP contribution < -0.4 is 5.73 Å². The van der Waals surface area contributed by atoms with Crippen molar-refractivity contribution in [2.24, 2.45) is 5.73 Å². The highest BCUT2D eigenvalue weighted by molar-refractivity contribution is 5.85. The predicted octanol–water partition coefficient (Wildman–Crippen LogP) is 1.70. The van der Waals surface area contributed by atoms with Crippen molar-refractivity contribution < 1.29 is 9.18 Å². The summed E-state index contributed by atoms with van der Waals surface area (Å²) in [6, 6.07) is 6.79. The van der Waals surface area contributed by atoms with Crippen LogP contribution in [0.1, 0.15) is 18.4 Å². The van der Waals surface area contributed by atoms with Gasteiger partial charge in [0.1, 0.15) is 5.82 Å². The Morgan fingerprint density at radius 2 is 2.06 bits per heavy atom. The molecule has 5 heteroatoms. The molecule has 0 aromatic heterocycles. The lowest BCUT2D eigenvalue weighted by Gasteiger charge is -2.22. The molecule has 0 aliphatic heterocycles. The lowest BCUT2D eigenvalue weighted by molar-refractivity contribution is -0.130. The van der Waals surface area contributed by atoms with Gasteiger partial charge in [0.15, 0.2) is 0 Å². The highest BCUT2D eigenvalue weighted by Crippen LogP contribution is 2.28. The fraction of sp³-hybridized carbons (Fsp3) is 0.417. The maximum absolute atomic E-state index is 13.4. The Hall–Kier alpha value is -1.13. The third-order valence-corrected chi connectivity index (χ3v) is 2.78. The number of carbonyl (C=O) groups excluding carboxylic acids is 1. The molecule has 1 saturated carbocycles. The van der Waals surface area contributed by atoms with Gasteiger partial charge in [-0.25, -0.2) is 4.39 Å². The summed E-state index contributed by atoms with van der Waals surface area (Å²) in [6.07, 6.45) is 2.00. The van der Waals surface area contributed by atoms with Crippen molar-refractivity contribution in [1.29, 1.82) is 0 Å². The third kappa shape index (κ3) is 3.41. The van der Waals surface area contributed by atoms with E-state index < -0.39 is 0 Å². The van der Waals surface area contributed by atoms with Crippen molar-refractivity contribution in [2.45, 2.75) is 25.4 Å². The van der Waals surface area contributed by atoms with Crippen LogP contribution in [-0.4, -0.2) is 23.4 Å². The van der Waals surface area contributed by atoms with E-state index in [-0.39, 0.29) is 36.7 Å². The van der Waals surface area contributed by atoms with Crippen LogP contribution >= 0.6 is 12.4 Å². The molecule has 1 aliphatic rings. The number of rotatable bonds is 4. The highest BCUT2D eigenvalue weighted by Gasteiger charge is 2.32. The van der Waals surface area contributed by atoms with Crippen molar-refractivity contribution in [2.75, 3.05) is 6.54 Å². The molecule has 1 fully saturated rings. The number of benzene rings is 1. The standard InChI is InChI=1S/C12H15FN2O.ClH/c13-11-4-2-1-3-9(11)8-15(10-5-6-10)12(16)7-14;/h1-4,10H,5-8,14H2;1H. The largest absolute Gasteiger partial charge is 0.334 e. The van der Waals surface area contributed by atoms with E-state index in [0.29, 0.717) is 12.1 Å². The third-order valence-electron chi connectivity index (χ3n) is 2.78. The van der Waals surface area contributed by atoms with Crippen LogP contribution in [0.4, 0.5) is 4.39 Å². The van der Waals surface area contributed by atoms with E-state index in [4.69, 9.17) is 5.73 Å². The second-order valence-electron chi connectivity index (χ2n) is 4.05. The second kappa shape index (κ2) is 5.98. The van der Waals surface area contributed by atoms with Gasteiger partial charge in [0.2, 0.25) is 5.91 Å². The number of amides is 1. The Morgan fingerprint density at radius 3 is 2.59 bits per heavy atom. The van der Waals surface area contributed by atoms with Crippen LogP contribution in [0.25, 0.3) is 0 Å². The Morgan fingerprint density at radius 1 is 1.41 bits per heavy atom. The van der Waals surface area contributed by atoms with E-state index in [1.807, 2.05) is 0 Å². The molecule has 1 aromatic carbocycles. The maximum atomic E-state index is 13.4. The Kier molecular flexibility index (Phi) is 4.90. The molecule has 2 N–H and O–H groups in total. The monoisotopic (exact) mass is 258 g/mol. The van der Waals surface area contributed by atoms with E-state index in [9.17, 15) is 9.18 Å². The zero-order valence-electron chi connectivity index (χ0n) is 9.43. The van der Waals surface area contributed by atoms with Gasteiger partial charge in [-0.1, -0.05) is 18.2 Å². The average molecular weight is 259 g/mol. The summed E-state index contributed by atoms with van der Waals surface area (Å²) in [4.78, 5) is 13.3. The summed E-state index contributed by atoms with van der Waals surface area (Å²) >= 11 is 0. The highest BCUT2D eigenvalue weighted by atomic mass is 35.5. The summed E-state index contributed by atoms with van der Waals surface area (Å²) in [5.74, 6) is -0.372. The molecule has 0 atom stereocenters. The van der Waals surface area contributed by atoms with Crippen LogP contribution in [0.15, 0.2) is 24.3 Å². The molecule has 1 aliphatic carbocycles. The van der Waals surface area contributed by atoms with Crippen LogP contribution in [0.5, 0.6) is 0 Å². The molecule has 0 bridgehead atoms. The van der Waals surface area contributed by atoms with Gasteiger partial charge < -0.3 is 10.6 Å². The van der Waals surface area contributed by atoms with Gasteiger partial charge in [-0.2, -0.15) is 0 Å². The molecule has 1 amide bonds. The van der Waals surface area contributed by atoms with E-state index in [1.54, 1.807) is 23.1 Å². The SMILES string of the molecule is Cl.NCC(=O)N(Cc1ccccc1F)C1CC1. The van der Waals surface area contributed by atoms with Crippen molar-refractivity contribution in [3.63, 3.8) is 0 Å². The van der Waals surface area contributed by atoms with Crippen molar-refractivity contribution in [1.82, 2.24) is 4.90 Å². The number of halogens is 2. The van der Waals surface area contributed by atoms with Crippen LogP contribution in [0.2, 0.25) is 0 Å². The topological polar surface area (TPSA) is 46.3 Å². The number of carbonyl (C=O) groups is 1. The molecule has 0 spiro atoms. The van der Waals surface area contributed by atoms with Gasteiger partial charge in [0.05, 0.1) is 6.54 Å². The molecule has 94 valence electrons. The van der Waals surface area contributed by atoms with Crippen LogP contribution in [0, 0.1) is 5.82 Å². The average Bonchev–Trinajstić information content (AvgIpc) is 3.11. The molecule has 0 unspecified atom stereocenters. The fourth-order valence-electron chi connectivity index (χ4n) is 1.73. The summed E-state index contributed by atoms with van der Waals surface area (Å²) in [5, 5.41) is 0. The molecule has 0 heterocycles. The number of nitrogens with two attached hydrogens (primary N) is 1. The lowest BCUT2D eigenvalue weighted by atomic mass is 10.2. The minimum atomic E-state index is -0.266. The first kappa shape index (κ1) is 13.9. The molecule has 2 rings (SSSR count). The molecular formula is C12H16ClFN2O. The molecule has 17 heavy (non-hydrogen) atoms. The first-order valence-corrected chi connectivity index (χ1v) is 5.45. The summed E-state index contributed by atoms with van der Waals surface area (Å²) in [6.45, 7) is 0.318. The van der Waals surface area contributed by atoms with Crippen molar-refractivity contribution >= 4 is 18.3 Å². The smallest absolute Gasteiger partial charge is 0.236 e. The van der Waals surface area contributed by atoms with Crippen molar-refractivity contribution in [3.8, 4) is 0 Å². The van der Waals surface area contributed by atoms with E-state index in [0.717, 1.165) is 12.8 Å². The minimum Gasteiger partial charge on any atom is -0.334 e. The van der Waals surface area contributed by atoms with Gasteiger partial charge >= 0.3 is 0 Å². The maximum Gasteiger partial charge on any atom is 0.236 e. The van der Waals surface area contributed by atoms with Gasteiger partial charge in [0.25, 0.3) is 0 Å². The van der Waals surface area contributed by atoms with Gasteiger partial charge in [-0.05, 0) is 18.9 Å². The van der Waals surface area contributed by atoms with E-state index in [1.165, 1.54) is 6.07 Å². The second-order valence-corrected chi connectivity index (χ2v) is 4.05. The van der Waals surface area contributed by atoms with Gasteiger partial charge in [-0.15, -0.1) is 12.4 Å². The first-order chi connectivity index (χ1) is 7.72. The summed E-state index contributed by atoms with van der Waals surface area (Å²) in [5.41, 5.74) is 5.90. The zero-order valence-corrected chi connectivity index (χ0v) is 10.3. The molecule has 0 radical (unpaired) electrons. The summed E-state index contributed by atoms with van der Waals surface area (Å²) in [7, 11) is 0. The minimum absolute atomic E-state index is 0. The first-order valence-electron chi connectivity index (χ1n) is 5.45. The quantitative estimate of drug-likeness (QED) is 0.894. The Bertz CT molecular complexity index is 396. The van der Waals surface area contributed by atoms with Crippen LogP contribution in [-0.2, 0) is 11.3 Å². The van der Waals surface area contributed by atoms with E-state index >= 15 is 0 Å². The lowest BCUT2D eigenvalue weighted by Crippen LogP contribution is -2.37. The molecular weight excluding hydrogens is 243 g/mol. The Balaban J connectivity index is 0.00000144. The number of hydrogen-bond donors (Lipinski definition) is 1. The molecule has 0 saturated heterocycles. The summed E-state index contributed by atoms with van der Waals surface area (Å²) < 4.78 is 13.4.